The van der Waals surface area contributed by atoms with Crippen molar-refractivity contribution in [3.63, 3.8) is 0 Å². The molecule has 3 amide bonds. The number of methoxy groups -OCH3 is 1. The largest absolute Gasteiger partial charge is 0.495 e. The molecule has 5 rings (SSSR count). The Bertz CT molecular complexity index is 1540. The van der Waals surface area contributed by atoms with Gasteiger partial charge in [-0.1, -0.05) is 47.5 Å². The lowest BCUT2D eigenvalue weighted by Crippen LogP contribution is -2.55. The number of ether oxygens (including phenoxy) is 2. The van der Waals surface area contributed by atoms with E-state index < -0.39 is 18.1 Å². The predicted octanol–water partition coefficient (Wildman–Crippen LogP) is 5.37. The Labute approximate surface area is 247 Å². The number of hydrogen-bond acceptors (Lipinski definition) is 6. The summed E-state index contributed by atoms with van der Waals surface area (Å²) in [7, 11) is 1.48. The van der Waals surface area contributed by atoms with Crippen LogP contribution in [0.2, 0.25) is 10.0 Å². The van der Waals surface area contributed by atoms with Gasteiger partial charge in [-0.2, -0.15) is 5.26 Å². The van der Waals surface area contributed by atoms with Gasteiger partial charge in [0, 0.05) is 29.2 Å². The number of halogens is 2. The van der Waals surface area contributed by atoms with Crippen LogP contribution in [0.25, 0.3) is 0 Å². The van der Waals surface area contributed by atoms with Crippen LogP contribution in [0.1, 0.15) is 41.3 Å². The standard InChI is InChI=1S/C30H27Cl2N5O4/c1-3-41-25-15-24(40-2)20(16-33)14-23(25)29-35-27(18-4-8-21(31)9-5-18)28(19-6-10-22(32)11-7-19)37(29)30(39)36-13-12-34-26(38)17-36/h4-11,14-15,27-28H,3,12-13,17H2,1-2H3,(H,34,38). The molecule has 2 aliphatic heterocycles. The van der Waals surface area contributed by atoms with Gasteiger partial charge in [0.25, 0.3) is 0 Å². The number of piperazine rings is 1. The summed E-state index contributed by atoms with van der Waals surface area (Å²) in [5.41, 5.74) is 2.33. The third kappa shape index (κ3) is 5.67. The molecule has 1 fully saturated rings. The number of carbonyl (C=O) groups is 2. The average Bonchev–Trinajstić information content (AvgIpc) is 3.37. The minimum atomic E-state index is -0.608. The van der Waals surface area contributed by atoms with Gasteiger partial charge in [0.05, 0.1) is 30.9 Å². The van der Waals surface area contributed by atoms with Crippen LogP contribution in [0.4, 0.5) is 4.79 Å². The first-order valence-corrected chi connectivity index (χ1v) is 13.8. The topological polar surface area (TPSA) is 107 Å². The van der Waals surface area contributed by atoms with E-state index in [9.17, 15) is 14.9 Å². The number of carbonyl (C=O) groups excluding carboxylic acids is 2. The number of benzene rings is 3. The number of amides is 3. The Morgan fingerprint density at radius 1 is 1.07 bits per heavy atom. The van der Waals surface area contributed by atoms with E-state index in [2.05, 4.69) is 11.4 Å². The molecule has 1 N–H and O–H groups in total. The zero-order valence-corrected chi connectivity index (χ0v) is 23.9. The van der Waals surface area contributed by atoms with Crippen molar-refractivity contribution >= 4 is 41.0 Å². The van der Waals surface area contributed by atoms with Crippen LogP contribution in [-0.4, -0.2) is 60.9 Å². The lowest BCUT2D eigenvalue weighted by molar-refractivity contribution is -0.123. The maximum Gasteiger partial charge on any atom is 0.326 e. The minimum Gasteiger partial charge on any atom is -0.495 e. The van der Waals surface area contributed by atoms with Gasteiger partial charge in [-0.3, -0.25) is 14.7 Å². The molecule has 0 bridgehead atoms. The van der Waals surface area contributed by atoms with Crippen molar-refractivity contribution < 1.29 is 19.1 Å². The Kier molecular flexibility index (Phi) is 8.34. The first-order valence-electron chi connectivity index (χ1n) is 13.0. The predicted molar refractivity (Wildman–Crippen MR) is 156 cm³/mol. The molecule has 0 saturated carbocycles. The van der Waals surface area contributed by atoms with Gasteiger partial charge in [-0.15, -0.1) is 0 Å². The van der Waals surface area contributed by atoms with Crippen molar-refractivity contribution in [1.82, 2.24) is 15.1 Å². The van der Waals surface area contributed by atoms with Crippen LogP contribution in [0.15, 0.2) is 65.7 Å². The molecule has 0 aliphatic carbocycles. The number of aliphatic imine (C=N–C) groups is 1. The number of urea groups is 1. The van der Waals surface area contributed by atoms with Gasteiger partial charge in [0.1, 0.15) is 36.0 Å². The van der Waals surface area contributed by atoms with Crippen molar-refractivity contribution in [2.75, 3.05) is 33.4 Å². The van der Waals surface area contributed by atoms with Crippen molar-refractivity contribution in [3.8, 4) is 17.6 Å². The highest BCUT2D eigenvalue weighted by Gasteiger charge is 2.45. The molecule has 0 spiro atoms. The average molecular weight is 592 g/mol. The van der Waals surface area contributed by atoms with Crippen molar-refractivity contribution in [2.24, 2.45) is 4.99 Å². The smallest absolute Gasteiger partial charge is 0.326 e. The molecular formula is C30H27Cl2N5O4. The van der Waals surface area contributed by atoms with Gasteiger partial charge in [-0.05, 0) is 48.4 Å². The lowest BCUT2D eigenvalue weighted by atomic mass is 9.93. The quantitative estimate of drug-likeness (QED) is 0.414. The van der Waals surface area contributed by atoms with E-state index in [0.29, 0.717) is 52.6 Å². The van der Waals surface area contributed by atoms with E-state index in [1.54, 1.807) is 41.3 Å². The normalized spacial score (nSPS) is 18.4. The van der Waals surface area contributed by atoms with Crippen LogP contribution in [-0.2, 0) is 4.79 Å². The third-order valence-electron chi connectivity index (χ3n) is 6.97. The summed E-state index contributed by atoms with van der Waals surface area (Å²) in [5.74, 6) is 0.810. The molecular weight excluding hydrogens is 565 g/mol. The molecule has 1 saturated heterocycles. The molecule has 2 aliphatic rings. The molecule has 3 aromatic carbocycles. The highest BCUT2D eigenvalue weighted by atomic mass is 35.5. The zero-order valence-electron chi connectivity index (χ0n) is 22.4. The van der Waals surface area contributed by atoms with Crippen LogP contribution in [0.3, 0.4) is 0 Å². The number of rotatable bonds is 6. The number of nitriles is 1. The van der Waals surface area contributed by atoms with E-state index in [4.69, 9.17) is 37.7 Å². The fourth-order valence-corrected chi connectivity index (χ4v) is 5.33. The monoisotopic (exact) mass is 591 g/mol. The van der Waals surface area contributed by atoms with Crippen molar-refractivity contribution in [3.05, 3.63) is 93.0 Å². The minimum absolute atomic E-state index is 0.0913. The fraction of sp³-hybridized carbons (Fsp3) is 0.267. The summed E-state index contributed by atoms with van der Waals surface area (Å²) in [6, 6.07) is 18.4. The Hall–Kier alpha value is -4.26. The zero-order chi connectivity index (χ0) is 29.1. The fourth-order valence-electron chi connectivity index (χ4n) is 5.08. The van der Waals surface area contributed by atoms with Crippen LogP contribution < -0.4 is 14.8 Å². The summed E-state index contributed by atoms with van der Waals surface area (Å²) in [6.07, 6.45) is 0. The summed E-state index contributed by atoms with van der Waals surface area (Å²) < 4.78 is 11.4. The third-order valence-corrected chi connectivity index (χ3v) is 7.47. The molecule has 210 valence electrons. The van der Waals surface area contributed by atoms with Gasteiger partial charge in [0.2, 0.25) is 5.91 Å². The summed E-state index contributed by atoms with van der Waals surface area (Å²) in [4.78, 5) is 34.9. The second-order valence-corrected chi connectivity index (χ2v) is 10.3. The lowest BCUT2D eigenvalue weighted by Gasteiger charge is -2.35. The number of nitrogens with one attached hydrogen (secondary N) is 1. The molecule has 2 heterocycles. The van der Waals surface area contributed by atoms with Gasteiger partial charge in [-0.25, -0.2) is 4.79 Å². The molecule has 2 unspecified atom stereocenters. The Morgan fingerprint density at radius 3 is 2.32 bits per heavy atom. The van der Waals surface area contributed by atoms with Gasteiger partial charge in [0.15, 0.2) is 0 Å². The van der Waals surface area contributed by atoms with Crippen LogP contribution in [0, 0.1) is 11.3 Å². The van der Waals surface area contributed by atoms with Crippen LogP contribution in [0.5, 0.6) is 11.5 Å². The van der Waals surface area contributed by atoms with E-state index >= 15 is 0 Å². The first-order chi connectivity index (χ1) is 19.8. The molecule has 2 atom stereocenters. The summed E-state index contributed by atoms with van der Waals surface area (Å²) >= 11 is 12.4. The summed E-state index contributed by atoms with van der Waals surface area (Å²) in [5, 5.41) is 13.8. The maximum atomic E-state index is 14.4. The second kappa shape index (κ2) is 12.1. The van der Waals surface area contributed by atoms with E-state index in [1.807, 2.05) is 31.2 Å². The van der Waals surface area contributed by atoms with Gasteiger partial charge >= 0.3 is 6.03 Å². The van der Waals surface area contributed by atoms with Crippen LogP contribution >= 0.6 is 23.2 Å². The molecule has 0 aromatic heterocycles. The molecule has 41 heavy (non-hydrogen) atoms. The van der Waals surface area contributed by atoms with Crippen molar-refractivity contribution in [2.45, 2.75) is 19.0 Å². The highest BCUT2D eigenvalue weighted by molar-refractivity contribution is 6.30. The molecule has 3 aromatic rings. The van der Waals surface area contributed by atoms with E-state index in [1.165, 1.54) is 12.0 Å². The molecule has 9 nitrogen and oxygen atoms in total. The Morgan fingerprint density at radius 2 is 1.73 bits per heavy atom. The summed E-state index contributed by atoms with van der Waals surface area (Å²) in [6.45, 7) is 2.75. The SMILES string of the molecule is CCOc1cc(OC)c(C#N)cc1C1=NC(c2ccc(Cl)cc2)C(c2ccc(Cl)cc2)N1C(=O)N1CCNC(=O)C1. The molecule has 11 heteroatoms. The molecule has 0 radical (unpaired) electrons. The second-order valence-electron chi connectivity index (χ2n) is 9.46. The highest BCUT2D eigenvalue weighted by Crippen LogP contribution is 2.46. The number of hydrogen-bond donors (Lipinski definition) is 1. The maximum absolute atomic E-state index is 14.4. The Balaban J connectivity index is 1.75. The van der Waals surface area contributed by atoms with E-state index in [-0.39, 0.29) is 18.0 Å². The van der Waals surface area contributed by atoms with E-state index in [0.717, 1.165) is 11.1 Å². The van der Waals surface area contributed by atoms with Crippen molar-refractivity contribution in [1.29, 1.82) is 5.26 Å². The van der Waals surface area contributed by atoms with Gasteiger partial charge < -0.3 is 19.7 Å². The number of amidine groups is 1. The first kappa shape index (κ1) is 28.3. The number of nitrogens with zero attached hydrogens (tertiary/aromatic N) is 4.